The lowest BCUT2D eigenvalue weighted by Gasteiger charge is -2.36. The quantitative estimate of drug-likeness (QED) is 0.367. The fourth-order valence-corrected chi connectivity index (χ4v) is 11.0. The molecule has 2 unspecified atom stereocenters. The molecule has 2 amide bonds. The number of carbonyl (C=O) groups excluding carboxylic acids is 2. The lowest BCUT2D eigenvalue weighted by molar-refractivity contribution is -0.140. The number of methoxy groups -OCH3 is 1. The van der Waals surface area contributed by atoms with Crippen molar-refractivity contribution in [3.63, 3.8) is 0 Å². The maximum atomic E-state index is 14.9. The number of ether oxygens (including phenoxy) is 1. The molecular formula is C37H44N4O5S. The zero-order valence-electron chi connectivity index (χ0n) is 27.3. The van der Waals surface area contributed by atoms with Gasteiger partial charge in [-0.1, -0.05) is 32.3 Å². The average molecular weight is 657 g/mol. The van der Waals surface area contributed by atoms with Crippen molar-refractivity contribution in [3.05, 3.63) is 53.1 Å². The zero-order chi connectivity index (χ0) is 32.2. The molecule has 47 heavy (non-hydrogen) atoms. The van der Waals surface area contributed by atoms with Crippen molar-refractivity contribution in [2.75, 3.05) is 26.7 Å². The summed E-state index contributed by atoms with van der Waals surface area (Å²) in [6.07, 6.45) is 8.85. The highest BCUT2D eigenvalue weighted by Gasteiger charge is 2.65. The smallest absolute Gasteiger partial charge is 0.264 e. The number of sulfonamides is 1. The number of likely N-dealkylation sites (N-methyl/N-ethyl adjacent to an activating group) is 1. The summed E-state index contributed by atoms with van der Waals surface area (Å²) in [7, 11) is -1.99. The van der Waals surface area contributed by atoms with Gasteiger partial charge in [-0.2, -0.15) is 0 Å². The fraction of sp³-hybridized carbons (Fsp3) is 0.568. The van der Waals surface area contributed by atoms with E-state index in [1.165, 1.54) is 30.4 Å². The second kappa shape index (κ2) is 10.6. The SMILES string of the molecule is CCN1C[C@H]2C[C@H]1CN2C(=O)C12CC1c1cc(OC)ccc1-c1c(C3CCCCC3)c3ccc(C(=O)NS(=O)(=O)C4CC4)cc3n1C2. The number of fused-ring (bicyclic) bond motifs is 9. The maximum absolute atomic E-state index is 14.9. The maximum Gasteiger partial charge on any atom is 0.264 e. The predicted molar refractivity (Wildman–Crippen MR) is 180 cm³/mol. The third-order valence-electron chi connectivity index (χ3n) is 12.4. The number of benzene rings is 2. The van der Waals surface area contributed by atoms with Gasteiger partial charge in [0.25, 0.3) is 5.91 Å². The number of piperazine rings is 1. The fourth-order valence-electron chi connectivity index (χ4n) is 9.74. The largest absolute Gasteiger partial charge is 0.497 e. The van der Waals surface area contributed by atoms with Crippen LogP contribution in [0, 0.1) is 5.41 Å². The Kier molecular flexibility index (Phi) is 6.69. The van der Waals surface area contributed by atoms with Crippen LogP contribution >= 0.6 is 0 Å². The molecule has 4 heterocycles. The van der Waals surface area contributed by atoms with Crippen LogP contribution in [0.25, 0.3) is 22.2 Å². The van der Waals surface area contributed by atoms with E-state index in [-0.39, 0.29) is 17.9 Å². The van der Waals surface area contributed by atoms with Crippen LogP contribution in [0.1, 0.15) is 98.0 Å². The lowest BCUT2D eigenvalue weighted by Crippen LogP contribution is -2.51. The second-order valence-electron chi connectivity index (χ2n) is 15.0. The number of hydrogen-bond acceptors (Lipinski definition) is 6. The highest BCUT2D eigenvalue weighted by atomic mass is 32.2. The number of amides is 2. The number of nitrogens with one attached hydrogen (secondary N) is 1. The Balaban J connectivity index is 1.21. The van der Waals surface area contributed by atoms with Crippen LogP contribution in [0.2, 0.25) is 0 Å². The molecule has 3 aliphatic heterocycles. The molecule has 2 saturated heterocycles. The minimum Gasteiger partial charge on any atom is -0.497 e. The van der Waals surface area contributed by atoms with Crippen molar-refractivity contribution >= 4 is 32.7 Å². The van der Waals surface area contributed by atoms with Crippen LogP contribution < -0.4 is 9.46 Å². The van der Waals surface area contributed by atoms with Gasteiger partial charge in [-0.05, 0) is 92.4 Å². The Hall–Kier alpha value is -3.37. The van der Waals surface area contributed by atoms with Crippen LogP contribution in [-0.2, 0) is 21.4 Å². The summed E-state index contributed by atoms with van der Waals surface area (Å²) in [4.78, 5) is 33.0. The Labute approximate surface area is 276 Å². The number of likely N-dealkylation sites (tertiary alicyclic amines) is 2. The Morgan fingerprint density at radius 3 is 2.51 bits per heavy atom. The number of rotatable bonds is 7. The van der Waals surface area contributed by atoms with Crippen LogP contribution in [0.4, 0.5) is 0 Å². The molecule has 2 aromatic carbocycles. The number of hydrogen-bond donors (Lipinski definition) is 1. The summed E-state index contributed by atoms with van der Waals surface area (Å²) in [6.45, 7) is 5.51. The molecule has 248 valence electrons. The van der Waals surface area contributed by atoms with E-state index in [1.807, 2.05) is 18.2 Å². The first-order valence-electron chi connectivity index (χ1n) is 17.7. The van der Waals surface area contributed by atoms with Gasteiger partial charge in [0.1, 0.15) is 5.75 Å². The Morgan fingerprint density at radius 2 is 1.81 bits per heavy atom. The third-order valence-corrected chi connectivity index (χ3v) is 14.2. The van der Waals surface area contributed by atoms with Gasteiger partial charge in [-0.3, -0.25) is 14.5 Å². The number of carbonyl (C=O) groups is 2. The van der Waals surface area contributed by atoms with Crippen molar-refractivity contribution < 1.29 is 22.7 Å². The predicted octanol–water partition coefficient (Wildman–Crippen LogP) is 5.38. The van der Waals surface area contributed by atoms with Crippen molar-refractivity contribution in [2.45, 2.75) is 100 Å². The highest BCUT2D eigenvalue weighted by Crippen LogP contribution is 2.66. The van der Waals surface area contributed by atoms with Gasteiger partial charge in [0.15, 0.2) is 0 Å². The number of aromatic nitrogens is 1. The molecule has 1 N–H and O–H groups in total. The standard InChI is InChI=1S/C37H44N4O5S/c1-3-39-19-25-16-24(39)20-40(25)36(43)37-18-31(37)30-17-26(46-2)10-14-28(30)34-33(22-7-5-4-6-8-22)29-13-9-23(15-32(29)41(34)21-37)35(42)38-47(44,45)27-11-12-27/h9-10,13-15,17,22,24-25,27,31H,3-8,11-12,16,18-21H2,1-2H3,(H,38,42)/t24-,25+,31?,37?/m0/s1. The minimum atomic E-state index is -3.68. The van der Waals surface area contributed by atoms with Gasteiger partial charge < -0.3 is 14.2 Å². The van der Waals surface area contributed by atoms with E-state index in [9.17, 15) is 18.0 Å². The van der Waals surface area contributed by atoms with Crippen LogP contribution in [0.15, 0.2) is 36.4 Å². The van der Waals surface area contributed by atoms with E-state index < -0.39 is 26.6 Å². The van der Waals surface area contributed by atoms with E-state index >= 15 is 0 Å². The van der Waals surface area contributed by atoms with Gasteiger partial charge in [-0.15, -0.1) is 0 Å². The minimum absolute atomic E-state index is 0.0887. The highest BCUT2D eigenvalue weighted by molar-refractivity contribution is 7.91. The molecule has 1 aromatic heterocycles. The van der Waals surface area contributed by atoms with Crippen molar-refractivity contribution in [1.29, 1.82) is 0 Å². The molecule has 0 radical (unpaired) electrons. The third kappa shape index (κ3) is 4.53. The summed E-state index contributed by atoms with van der Waals surface area (Å²) in [5.41, 5.74) is 5.49. The van der Waals surface area contributed by atoms with Crippen LogP contribution in [0.3, 0.4) is 0 Å². The summed E-state index contributed by atoms with van der Waals surface area (Å²) in [5.74, 6) is 0.942. The second-order valence-corrected chi connectivity index (χ2v) is 17.0. The van der Waals surface area contributed by atoms with E-state index in [2.05, 4.69) is 38.1 Å². The van der Waals surface area contributed by atoms with Gasteiger partial charge in [0.05, 0.1) is 23.5 Å². The molecule has 3 aromatic rings. The monoisotopic (exact) mass is 656 g/mol. The normalized spacial score (nSPS) is 28.5. The molecule has 3 saturated carbocycles. The van der Waals surface area contributed by atoms with Crippen molar-refractivity contribution in [2.24, 2.45) is 5.41 Å². The zero-order valence-corrected chi connectivity index (χ0v) is 28.2. The van der Waals surface area contributed by atoms with Crippen molar-refractivity contribution in [3.8, 4) is 17.0 Å². The van der Waals surface area contributed by atoms with Gasteiger partial charge >= 0.3 is 0 Å². The first-order valence-corrected chi connectivity index (χ1v) is 19.2. The summed E-state index contributed by atoms with van der Waals surface area (Å²) in [6, 6.07) is 12.8. The van der Waals surface area contributed by atoms with E-state index in [4.69, 9.17) is 4.74 Å². The summed E-state index contributed by atoms with van der Waals surface area (Å²) < 4.78 is 35.8. The van der Waals surface area contributed by atoms with E-state index in [0.29, 0.717) is 36.9 Å². The molecule has 4 atom stereocenters. The molecule has 10 heteroatoms. The van der Waals surface area contributed by atoms with E-state index in [0.717, 1.165) is 73.2 Å². The van der Waals surface area contributed by atoms with Crippen LogP contribution in [-0.4, -0.2) is 78.7 Å². The molecule has 2 bridgehead atoms. The van der Waals surface area contributed by atoms with Crippen molar-refractivity contribution in [1.82, 2.24) is 19.1 Å². The first kappa shape index (κ1) is 29.7. The summed E-state index contributed by atoms with van der Waals surface area (Å²) in [5, 5.41) is 0.630. The van der Waals surface area contributed by atoms with Gasteiger partial charge in [0.2, 0.25) is 15.9 Å². The molecule has 3 aliphatic carbocycles. The first-order chi connectivity index (χ1) is 22.7. The Morgan fingerprint density at radius 1 is 1.00 bits per heavy atom. The molecule has 0 spiro atoms. The van der Waals surface area contributed by atoms with Crippen LogP contribution in [0.5, 0.6) is 5.75 Å². The molecular weight excluding hydrogens is 612 g/mol. The van der Waals surface area contributed by atoms with Gasteiger partial charge in [-0.25, -0.2) is 13.1 Å². The summed E-state index contributed by atoms with van der Waals surface area (Å²) >= 11 is 0. The molecule has 5 fully saturated rings. The lowest BCUT2D eigenvalue weighted by atomic mass is 9.81. The Bertz CT molecular complexity index is 1930. The number of nitrogens with zero attached hydrogens (tertiary/aromatic N) is 3. The van der Waals surface area contributed by atoms with Gasteiger partial charge in [0, 0.05) is 59.7 Å². The molecule has 9 rings (SSSR count). The molecule has 6 aliphatic rings. The average Bonchev–Trinajstić information content (AvgIpc) is 3.97. The topological polar surface area (TPSA) is 101 Å². The molecule has 9 nitrogen and oxygen atoms in total. The van der Waals surface area contributed by atoms with E-state index in [1.54, 1.807) is 13.2 Å².